The van der Waals surface area contributed by atoms with Crippen molar-refractivity contribution in [3.63, 3.8) is 0 Å². The van der Waals surface area contributed by atoms with Crippen molar-refractivity contribution >= 4 is 38.0 Å². The van der Waals surface area contributed by atoms with E-state index in [9.17, 15) is 4.79 Å². The fraction of sp³-hybridized carbons (Fsp3) is 0.500. The van der Waals surface area contributed by atoms with E-state index < -0.39 is 19.3 Å². The van der Waals surface area contributed by atoms with Crippen LogP contribution in [-0.2, 0) is 7.87 Å². The Morgan fingerprint density at radius 1 is 2.00 bits per heavy atom. The quantitative estimate of drug-likeness (QED) is 0.639. The molecule has 2 nitrogen and oxygen atoms in total. The standard InChI is InChI=1S/C2H4O2.BrH.Sn/c1-2(3)4;;/h1H3,(H,3,4);1H;/q;;+2/p-2. The summed E-state index contributed by atoms with van der Waals surface area (Å²) in [5.41, 5.74) is 0. The molecular weight excluding hydrogens is 255 g/mol. The summed E-state index contributed by atoms with van der Waals surface area (Å²) in [7, 11) is 0. The van der Waals surface area contributed by atoms with Gasteiger partial charge in [-0.2, -0.15) is 0 Å². The summed E-state index contributed by atoms with van der Waals surface area (Å²) in [5.74, 6) is -0.182. The van der Waals surface area contributed by atoms with Gasteiger partial charge in [0, 0.05) is 0 Å². The van der Waals surface area contributed by atoms with Gasteiger partial charge in [0.1, 0.15) is 0 Å². The Balaban J connectivity index is 2.83. The number of halogens is 1. The number of hydrogen-bond acceptors (Lipinski definition) is 2. The van der Waals surface area contributed by atoms with Crippen LogP contribution >= 0.6 is 12.7 Å². The van der Waals surface area contributed by atoms with Gasteiger partial charge in [-0.05, 0) is 0 Å². The molecule has 0 atom stereocenters. The Morgan fingerprint density at radius 3 is 2.50 bits per heavy atom. The van der Waals surface area contributed by atoms with Crippen molar-refractivity contribution in [3.05, 3.63) is 0 Å². The van der Waals surface area contributed by atoms with Crippen molar-refractivity contribution in [2.24, 2.45) is 0 Å². The van der Waals surface area contributed by atoms with Gasteiger partial charge in [-0.15, -0.1) is 0 Å². The summed E-state index contributed by atoms with van der Waals surface area (Å²) in [6.07, 6.45) is 0. The SMILES string of the molecule is CC(=O)[O][Sn][Br]. The Labute approximate surface area is 52.8 Å². The average Bonchev–Trinajstić information content (AvgIpc) is 1.35. The van der Waals surface area contributed by atoms with E-state index in [1.807, 2.05) is 0 Å². The molecule has 0 saturated heterocycles. The summed E-state index contributed by atoms with van der Waals surface area (Å²) in [6.45, 7) is 1.40. The molecule has 0 N–H and O–H groups in total. The second kappa shape index (κ2) is 3.92. The van der Waals surface area contributed by atoms with E-state index in [1.165, 1.54) is 6.92 Å². The average molecular weight is 258 g/mol. The van der Waals surface area contributed by atoms with Gasteiger partial charge in [0.05, 0.1) is 0 Å². The molecule has 0 fully saturated rings. The third kappa shape index (κ3) is 4.75. The maximum atomic E-state index is 9.83. The zero-order valence-electron chi connectivity index (χ0n) is 3.19. The fourth-order valence-corrected chi connectivity index (χ4v) is 1.89. The molecule has 0 spiro atoms. The first-order valence-electron chi connectivity index (χ1n) is 1.30. The Morgan fingerprint density at radius 2 is 2.50 bits per heavy atom. The van der Waals surface area contributed by atoms with Crippen LogP contribution in [0.4, 0.5) is 0 Å². The van der Waals surface area contributed by atoms with E-state index >= 15 is 0 Å². The molecule has 4 heteroatoms. The number of carbonyl (C=O) groups excluding carboxylic acids is 1. The fourth-order valence-electron chi connectivity index (χ4n) is 0.0543. The molecule has 0 amide bonds. The minimum absolute atomic E-state index is 0.182. The van der Waals surface area contributed by atoms with E-state index in [1.54, 1.807) is 0 Å². The van der Waals surface area contributed by atoms with Gasteiger partial charge in [-0.25, -0.2) is 0 Å². The topological polar surface area (TPSA) is 26.3 Å². The van der Waals surface area contributed by atoms with Crippen LogP contribution in [0.5, 0.6) is 0 Å². The number of hydrogen-bond donors (Lipinski definition) is 0. The zero-order valence-corrected chi connectivity index (χ0v) is 7.63. The van der Waals surface area contributed by atoms with Gasteiger partial charge in [0.2, 0.25) is 0 Å². The van der Waals surface area contributed by atoms with Gasteiger partial charge >= 0.3 is 52.8 Å². The first kappa shape index (κ1) is 6.75. The zero-order chi connectivity index (χ0) is 4.99. The van der Waals surface area contributed by atoms with Crippen LogP contribution in [0.1, 0.15) is 6.92 Å². The monoisotopic (exact) mass is 258 g/mol. The van der Waals surface area contributed by atoms with E-state index in [2.05, 4.69) is 15.8 Å². The van der Waals surface area contributed by atoms with E-state index in [0.717, 1.165) is 0 Å². The summed E-state index contributed by atoms with van der Waals surface area (Å²) >= 11 is 2.19. The molecular formula is C2H3BrO2Sn. The summed E-state index contributed by atoms with van der Waals surface area (Å²) in [4.78, 5) is 9.83. The van der Waals surface area contributed by atoms with Crippen molar-refractivity contribution in [1.82, 2.24) is 0 Å². The van der Waals surface area contributed by atoms with Crippen LogP contribution in [0.25, 0.3) is 0 Å². The number of carbonyl (C=O) groups is 1. The molecule has 0 aliphatic heterocycles. The van der Waals surface area contributed by atoms with Crippen LogP contribution < -0.4 is 0 Å². The molecule has 2 radical (unpaired) electrons. The summed E-state index contributed by atoms with van der Waals surface area (Å²) in [6, 6.07) is 0. The van der Waals surface area contributed by atoms with E-state index in [0.29, 0.717) is 0 Å². The molecule has 0 aromatic rings. The molecule has 0 aliphatic carbocycles. The Kier molecular flexibility index (Phi) is 4.41. The van der Waals surface area contributed by atoms with Gasteiger partial charge in [0.25, 0.3) is 0 Å². The molecule has 0 saturated carbocycles. The molecule has 0 aliphatic rings. The summed E-state index contributed by atoms with van der Waals surface area (Å²) < 4.78 is 4.49. The van der Waals surface area contributed by atoms with E-state index in [-0.39, 0.29) is 5.97 Å². The molecule has 0 heterocycles. The van der Waals surface area contributed by atoms with Gasteiger partial charge in [-0.3, -0.25) is 0 Å². The van der Waals surface area contributed by atoms with Gasteiger partial charge in [0.15, 0.2) is 0 Å². The minimum atomic E-state index is -0.887. The second-order valence-electron chi connectivity index (χ2n) is 0.671. The first-order chi connectivity index (χ1) is 2.77. The molecule has 0 bridgehead atoms. The maximum absolute atomic E-state index is 9.83. The number of rotatable bonds is 1. The molecule has 34 valence electrons. The van der Waals surface area contributed by atoms with Crippen LogP contribution in [0, 0.1) is 0 Å². The van der Waals surface area contributed by atoms with Crippen molar-refractivity contribution in [3.8, 4) is 0 Å². The third-order valence-corrected chi connectivity index (χ3v) is 2.31. The molecule has 0 aromatic carbocycles. The molecule has 0 rings (SSSR count). The van der Waals surface area contributed by atoms with Crippen LogP contribution in [0.2, 0.25) is 0 Å². The van der Waals surface area contributed by atoms with Crippen molar-refractivity contribution in [2.45, 2.75) is 6.92 Å². The molecule has 0 aromatic heterocycles. The second-order valence-corrected chi connectivity index (χ2v) is 3.87. The predicted molar refractivity (Wildman–Crippen MR) is 26.4 cm³/mol. The molecule has 6 heavy (non-hydrogen) atoms. The first-order valence-corrected chi connectivity index (χ1v) is 8.86. The van der Waals surface area contributed by atoms with Gasteiger partial charge < -0.3 is 0 Å². The third-order valence-electron chi connectivity index (χ3n) is 0.182. The van der Waals surface area contributed by atoms with Gasteiger partial charge in [-0.1, -0.05) is 0 Å². The van der Waals surface area contributed by atoms with Crippen LogP contribution in [0.3, 0.4) is 0 Å². The molecule has 0 unspecified atom stereocenters. The van der Waals surface area contributed by atoms with Crippen LogP contribution in [-0.4, -0.2) is 25.3 Å². The summed E-state index contributed by atoms with van der Waals surface area (Å²) in [5, 5.41) is 0. The van der Waals surface area contributed by atoms with E-state index in [4.69, 9.17) is 0 Å². The van der Waals surface area contributed by atoms with Crippen molar-refractivity contribution in [2.75, 3.05) is 0 Å². The van der Waals surface area contributed by atoms with Crippen molar-refractivity contribution in [1.29, 1.82) is 0 Å². The predicted octanol–water partition coefficient (Wildman–Crippen LogP) is 0.479. The Hall–Kier alpha value is 0.749. The van der Waals surface area contributed by atoms with Crippen LogP contribution in [0.15, 0.2) is 0 Å². The van der Waals surface area contributed by atoms with Crippen molar-refractivity contribution < 1.29 is 7.87 Å². The Bertz CT molecular complexity index is 55.5. The normalized spacial score (nSPS) is 7.67.